The van der Waals surface area contributed by atoms with E-state index in [1.807, 2.05) is 0 Å². The molecule has 18 heavy (non-hydrogen) atoms. The second-order valence-electron chi connectivity index (χ2n) is 4.46. The van der Waals surface area contributed by atoms with Gasteiger partial charge >= 0.3 is 6.03 Å². The zero-order chi connectivity index (χ0) is 13.1. The molecular formula is C12H15Cl2N3O. The van der Waals surface area contributed by atoms with E-state index in [0.29, 0.717) is 15.7 Å². The van der Waals surface area contributed by atoms with Gasteiger partial charge in [-0.25, -0.2) is 4.79 Å². The Bertz CT molecular complexity index is 433. The van der Waals surface area contributed by atoms with Crippen LogP contribution in [0.25, 0.3) is 0 Å². The number of nitrogens with two attached hydrogens (primary N) is 1. The quantitative estimate of drug-likeness (QED) is 0.783. The summed E-state index contributed by atoms with van der Waals surface area (Å²) in [4.78, 5) is 11.8. The van der Waals surface area contributed by atoms with Gasteiger partial charge in [-0.05, 0) is 37.5 Å². The van der Waals surface area contributed by atoms with Crippen molar-refractivity contribution in [1.29, 1.82) is 0 Å². The molecule has 0 aliphatic heterocycles. The lowest BCUT2D eigenvalue weighted by Gasteiger charge is -2.17. The fraction of sp³-hybridized carbons (Fsp3) is 0.417. The largest absolute Gasteiger partial charge is 0.334 e. The van der Waals surface area contributed by atoms with Crippen LogP contribution in [0, 0.1) is 0 Å². The Hall–Kier alpha value is -0.970. The minimum Gasteiger partial charge on any atom is -0.334 e. The molecule has 0 saturated heterocycles. The second kappa shape index (κ2) is 5.78. The highest BCUT2D eigenvalue weighted by Gasteiger charge is 2.25. The Labute approximate surface area is 116 Å². The smallest absolute Gasteiger partial charge is 0.319 e. The highest BCUT2D eigenvalue weighted by atomic mass is 35.5. The van der Waals surface area contributed by atoms with Gasteiger partial charge in [-0.15, -0.1) is 0 Å². The molecule has 1 aromatic rings. The van der Waals surface area contributed by atoms with Crippen LogP contribution in [0.2, 0.25) is 10.0 Å². The third-order valence-corrected chi connectivity index (χ3v) is 3.44. The zero-order valence-corrected chi connectivity index (χ0v) is 11.3. The standard InChI is InChI=1S/C12H15Cl2N3O/c13-7-4-8(14)6-9(5-7)16-12(18)17-11-3-1-2-10(11)15/h4-6,10-11H,1-3,15H2,(H2,16,17,18). The van der Waals surface area contributed by atoms with E-state index >= 15 is 0 Å². The van der Waals surface area contributed by atoms with Crippen molar-refractivity contribution in [2.75, 3.05) is 5.32 Å². The molecule has 0 radical (unpaired) electrons. The van der Waals surface area contributed by atoms with Crippen molar-refractivity contribution >= 4 is 34.9 Å². The van der Waals surface area contributed by atoms with E-state index in [1.54, 1.807) is 18.2 Å². The number of nitrogens with one attached hydrogen (secondary N) is 2. The fourth-order valence-electron chi connectivity index (χ4n) is 2.13. The van der Waals surface area contributed by atoms with Gasteiger partial charge in [-0.2, -0.15) is 0 Å². The first-order valence-electron chi connectivity index (χ1n) is 5.84. The van der Waals surface area contributed by atoms with Gasteiger partial charge in [0, 0.05) is 27.8 Å². The Kier molecular flexibility index (Phi) is 4.32. The summed E-state index contributed by atoms with van der Waals surface area (Å²) in [6.45, 7) is 0. The van der Waals surface area contributed by atoms with Crippen LogP contribution in [0.3, 0.4) is 0 Å². The Morgan fingerprint density at radius 2 is 1.89 bits per heavy atom. The van der Waals surface area contributed by atoms with Gasteiger partial charge in [-0.3, -0.25) is 0 Å². The maximum atomic E-state index is 11.8. The number of hydrogen-bond donors (Lipinski definition) is 3. The van der Waals surface area contributed by atoms with Crippen molar-refractivity contribution in [3.8, 4) is 0 Å². The lowest BCUT2D eigenvalue weighted by Crippen LogP contribution is -2.45. The average molecular weight is 288 g/mol. The van der Waals surface area contributed by atoms with Crippen LogP contribution in [-0.2, 0) is 0 Å². The van der Waals surface area contributed by atoms with Gasteiger partial charge in [0.25, 0.3) is 0 Å². The maximum absolute atomic E-state index is 11.8. The van der Waals surface area contributed by atoms with Crippen molar-refractivity contribution in [1.82, 2.24) is 5.32 Å². The molecule has 1 saturated carbocycles. The number of rotatable bonds is 2. The molecule has 0 bridgehead atoms. The van der Waals surface area contributed by atoms with E-state index < -0.39 is 0 Å². The lowest BCUT2D eigenvalue weighted by molar-refractivity contribution is 0.247. The Balaban J connectivity index is 1.94. The molecule has 1 aliphatic carbocycles. The van der Waals surface area contributed by atoms with Crippen molar-refractivity contribution < 1.29 is 4.79 Å². The summed E-state index contributed by atoms with van der Waals surface area (Å²) in [5.74, 6) is 0. The van der Waals surface area contributed by atoms with Crippen LogP contribution in [0.5, 0.6) is 0 Å². The lowest BCUT2D eigenvalue weighted by atomic mass is 10.2. The zero-order valence-electron chi connectivity index (χ0n) is 9.75. The minimum absolute atomic E-state index is 0.0405. The molecule has 0 heterocycles. The molecule has 2 rings (SSSR count). The number of amides is 2. The van der Waals surface area contributed by atoms with E-state index in [0.717, 1.165) is 19.3 Å². The Morgan fingerprint density at radius 1 is 1.22 bits per heavy atom. The first-order valence-corrected chi connectivity index (χ1v) is 6.59. The number of carbonyl (C=O) groups excluding carboxylic acids is 1. The van der Waals surface area contributed by atoms with Crippen LogP contribution in [0.1, 0.15) is 19.3 Å². The van der Waals surface area contributed by atoms with Crippen molar-refractivity contribution in [2.45, 2.75) is 31.3 Å². The fourth-order valence-corrected chi connectivity index (χ4v) is 2.66. The number of hydrogen-bond acceptors (Lipinski definition) is 2. The van der Waals surface area contributed by atoms with Gasteiger partial charge < -0.3 is 16.4 Å². The molecule has 4 N–H and O–H groups in total. The van der Waals surface area contributed by atoms with Gasteiger partial charge in [-0.1, -0.05) is 23.2 Å². The number of halogens is 2. The van der Waals surface area contributed by atoms with E-state index in [9.17, 15) is 4.79 Å². The molecule has 0 aromatic heterocycles. The molecule has 2 atom stereocenters. The predicted octanol–water partition coefficient (Wildman–Crippen LogP) is 2.99. The SMILES string of the molecule is NC1CCCC1NC(=O)Nc1cc(Cl)cc(Cl)c1. The maximum Gasteiger partial charge on any atom is 0.319 e. The summed E-state index contributed by atoms with van der Waals surface area (Å²) in [5.41, 5.74) is 6.45. The number of benzene rings is 1. The molecular weight excluding hydrogens is 273 g/mol. The van der Waals surface area contributed by atoms with Crippen molar-refractivity contribution in [2.24, 2.45) is 5.73 Å². The summed E-state index contributed by atoms with van der Waals surface area (Å²) < 4.78 is 0. The molecule has 4 nitrogen and oxygen atoms in total. The minimum atomic E-state index is -0.282. The van der Waals surface area contributed by atoms with Crippen LogP contribution >= 0.6 is 23.2 Å². The van der Waals surface area contributed by atoms with Crippen LogP contribution in [-0.4, -0.2) is 18.1 Å². The highest BCUT2D eigenvalue weighted by Crippen LogP contribution is 2.22. The van der Waals surface area contributed by atoms with Crippen LogP contribution in [0.4, 0.5) is 10.5 Å². The molecule has 1 aromatic carbocycles. The third-order valence-electron chi connectivity index (χ3n) is 3.01. The van der Waals surface area contributed by atoms with Gasteiger partial charge in [0.05, 0.1) is 0 Å². The summed E-state index contributed by atoms with van der Waals surface area (Å²) >= 11 is 11.7. The van der Waals surface area contributed by atoms with Crippen molar-refractivity contribution in [3.05, 3.63) is 28.2 Å². The van der Waals surface area contributed by atoms with E-state index in [-0.39, 0.29) is 18.1 Å². The molecule has 6 heteroatoms. The first-order chi connectivity index (χ1) is 8.54. The molecule has 2 amide bonds. The van der Waals surface area contributed by atoms with E-state index in [1.165, 1.54) is 0 Å². The van der Waals surface area contributed by atoms with Crippen molar-refractivity contribution in [3.63, 3.8) is 0 Å². The number of carbonyl (C=O) groups is 1. The molecule has 0 spiro atoms. The highest BCUT2D eigenvalue weighted by molar-refractivity contribution is 6.35. The molecule has 2 unspecified atom stereocenters. The number of anilines is 1. The number of urea groups is 1. The monoisotopic (exact) mass is 287 g/mol. The summed E-state index contributed by atoms with van der Waals surface area (Å²) in [6.07, 6.45) is 2.92. The molecule has 1 fully saturated rings. The molecule has 98 valence electrons. The summed E-state index contributed by atoms with van der Waals surface area (Å²) in [5, 5.41) is 6.51. The van der Waals surface area contributed by atoms with E-state index in [2.05, 4.69) is 10.6 Å². The topological polar surface area (TPSA) is 67.1 Å². The predicted molar refractivity (Wildman–Crippen MR) is 74.2 cm³/mol. The normalized spacial score (nSPS) is 22.8. The van der Waals surface area contributed by atoms with E-state index in [4.69, 9.17) is 28.9 Å². The third kappa shape index (κ3) is 3.51. The van der Waals surface area contributed by atoms with Gasteiger partial charge in [0.1, 0.15) is 0 Å². The average Bonchev–Trinajstić information content (AvgIpc) is 2.62. The summed E-state index contributed by atoms with van der Waals surface area (Å²) in [6, 6.07) is 4.69. The first kappa shape index (κ1) is 13.5. The second-order valence-corrected chi connectivity index (χ2v) is 5.33. The van der Waals surface area contributed by atoms with Gasteiger partial charge in [0.15, 0.2) is 0 Å². The van der Waals surface area contributed by atoms with Gasteiger partial charge in [0.2, 0.25) is 0 Å². The van der Waals surface area contributed by atoms with Crippen LogP contribution in [0.15, 0.2) is 18.2 Å². The Morgan fingerprint density at radius 3 is 2.44 bits per heavy atom. The molecule has 1 aliphatic rings. The summed E-state index contributed by atoms with van der Waals surface area (Å²) in [7, 11) is 0. The van der Waals surface area contributed by atoms with Crippen LogP contribution < -0.4 is 16.4 Å².